The molecule has 1 aromatic carbocycles. The summed E-state index contributed by atoms with van der Waals surface area (Å²) in [6.07, 6.45) is 4.36. The van der Waals surface area contributed by atoms with Crippen molar-refractivity contribution in [2.75, 3.05) is 6.61 Å². The molecule has 0 fully saturated rings. The van der Waals surface area contributed by atoms with E-state index in [1.54, 1.807) is 18.2 Å². The van der Waals surface area contributed by atoms with Crippen molar-refractivity contribution < 1.29 is 9.15 Å². The molecule has 8 heteroatoms. The molecule has 0 saturated carbocycles. The second-order valence-electron chi connectivity index (χ2n) is 6.16. The second kappa shape index (κ2) is 7.77. The minimum absolute atomic E-state index is 0.221. The van der Waals surface area contributed by atoms with Gasteiger partial charge in [-0.1, -0.05) is 30.4 Å². The van der Waals surface area contributed by atoms with Crippen molar-refractivity contribution in [2.45, 2.75) is 19.8 Å². The Bertz CT molecular complexity index is 1260. The Morgan fingerprint density at radius 3 is 2.75 bits per heavy atom. The molecule has 0 atom stereocenters. The molecule has 28 heavy (non-hydrogen) atoms. The Labute approximate surface area is 163 Å². The summed E-state index contributed by atoms with van der Waals surface area (Å²) in [5, 5.41) is 4.25. The van der Waals surface area contributed by atoms with Crippen LogP contribution in [0.15, 0.2) is 56.7 Å². The van der Waals surface area contributed by atoms with Crippen molar-refractivity contribution in [3.63, 3.8) is 0 Å². The summed E-state index contributed by atoms with van der Waals surface area (Å²) in [4.78, 5) is 29.2. The zero-order valence-corrected chi connectivity index (χ0v) is 15.9. The number of hydrogen-bond donors (Lipinski definition) is 0. The third-order valence-electron chi connectivity index (χ3n) is 4.03. The zero-order valence-electron chi connectivity index (χ0n) is 15.1. The van der Waals surface area contributed by atoms with E-state index in [1.807, 2.05) is 31.2 Å². The van der Waals surface area contributed by atoms with Gasteiger partial charge in [-0.05, 0) is 36.2 Å². The number of furan rings is 1. The number of nitrogens with zero attached hydrogens (tertiary/aromatic N) is 3. The maximum absolute atomic E-state index is 12.6. The van der Waals surface area contributed by atoms with Gasteiger partial charge in [0.2, 0.25) is 4.96 Å². The Hall–Kier alpha value is -3.26. The van der Waals surface area contributed by atoms with Crippen molar-refractivity contribution >= 4 is 22.4 Å². The standard InChI is InChI=1S/C20H17N3O4S/c1-2-9-26-14-7-5-13(6-8-14)11-16-18(24)21-20-23(22-16)19(25)17(28-20)12-15-4-3-10-27-15/h3-8,10,12H,2,9,11H2,1H3/b17-12+. The second-order valence-corrected chi connectivity index (χ2v) is 7.17. The summed E-state index contributed by atoms with van der Waals surface area (Å²) < 4.78 is 12.4. The molecule has 0 N–H and O–H groups in total. The Kier molecular flexibility index (Phi) is 5.03. The molecule has 0 aliphatic rings. The molecule has 0 unspecified atom stereocenters. The summed E-state index contributed by atoms with van der Waals surface area (Å²) in [6.45, 7) is 2.70. The van der Waals surface area contributed by atoms with Crippen LogP contribution in [0, 0.1) is 0 Å². The van der Waals surface area contributed by atoms with Crippen LogP contribution < -0.4 is 20.4 Å². The van der Waals surface area contributed by atoms with Crippen LogP contribution in [-0.2, 0) is 6.42 Å². The monoisotopic (exact) mass is 395 g/mol. The molecule has 4 rings (SSSR count). The van der Waals surface area contributed by atoms with Crippen LogP contribution in [0.1, 0.15) is 30.4 Å². The molecule has 7 nitrogen and oxygen atoms in total. The molecule has 0 saturated heterocycles. The van der Waals surface area contributed by atoms with Gasteiger partial charge in [-0.25, -0.2) is 0 Å². The zero-order chi connectivity index (χ0) is 19.5. The third kappa shape index (κ3) is 3.72. The quantitative estimate of drug-likeness (QED) is 0.497. The maximum atomic E-state index is 12.6. The lowest BCUT2D eigenvalue weighted by Crippen LogP contribution is -2.28. The molecule has 0 aliphatic heterocycles. The molecule has 0 bridgehead atoms. The van der Waals surface area contributed by atoms with Crippen molar-refractivity contribution in [1.29, 1.82) is 0 Å². The molecule has 0 radical (unpaired) electrons. The fourth-order valence-electron chi connectivity index (χ4n) is 2.67. The largest absolute Gasteiger partial charge is 0.494 e. The van der Waals surface area contributed by atoms with E-state index in [-0.39, 0.29) is 22.6 Å². The van der Waals surface area contributed by atoms with E-state index < -0.39 is 5.56 Å². The number of thiazole rings is 1. The van der Waals surface area contributed by atoms with Crippen LogP contribution in [0.4, 0.5) is 0 Å². The van der Waals surface area contributed by atoms with Gasteiger partial charge in [-0.15, -0.1) is 0 Å². The Morgan fingerprint density at radius 1 is 1.21 bits per heavy atom. The van der Waals surface area contributed by atoms with E-state index in [4.69, 9.17) is 9.15 Å². The molecular weight excluding hydrogens is 378 g/mol. The smallest absolute Gasteiger partial charge is 0.296 e. The number of ether oxygens (including phenoxy) is 1. The Morgan fingerprint density at radius 2 is 2.04 bits per heavy atom. The van der Waals surface area contributed by atoms with Gasteiger partial charge in [0.05, 0.1) is 12.9 Å². The normalized spacial score (nSPS) is 12.0. The predicted molar refractivity (Wildman–Crippen MR) is 106 cm³/mol. The lowest BCUT2D eigenvalue weighted by molar-refractivity contribution is 0.317. The lowest BCUT2D eigenvalue weighted by Gasteiger charge is -2.05. The fraction of sp³-hybridized carbons (Fsp3) is 0.200. The minimum atomic E-state index is -0.433. The van der Waals surface area contributed by atoms with Crippen molar-refractivity contribution in [2.24, 2.45) is 0 Å². The first-order chi connectivity index (χ1) is 13.6. The maximum Gasteiger partial charge on any atom is 0.296 e. The van der Waals surface area contributed by atoms with Gasteiger partial charge in [0.15, 0.2) is 0 Å². The van der Waals surface area contributed by atoms with Crippen LogP contribution in [0.2, 0.25) is 0 Å². The molecular formula is C20H17N3O4S. The van der Waals surface area contributed by atoms with E-state index in [0.29, 0.717) is 16.9 Å². The van der Waals surface area contributed by atoms with Gasteiger partial charge >= 0.3 is 0 Å². The highest BCUT2D eigenvalue weighted by Gasteiger charge is 2.12. The van der Waals surface area contributed by atoms with Gasteiger partial charge in [0, 0.05) is 12.5 Å². The van der Waals surface area contributed by atoms with Crippen molar-refractivity contribution in [3.8, 4) is 5.75 Å². The Balaban J connectivity index is 1.67. The first-order valence-electron chi connectivity index (χ1n) is 8.84. The van der Waals surface area contributed by atoms with Gasteiger partial charge in [-0.3, -0.25) is 9.59 Å². The van der Waals surface area contributed by atoms with Crippen LogP contribution in [-0.4, -0.2) is 21.2 Å². The minimum Gasteiger partial charge on any atom is -0.494 e. The van der Waals surface area contributed by atoms with Crippen molar-refractivity contribution in [3.05, 3.63) is 84.9 Å². The van der Waals surface area contributed by atoms with E-state index in [9.17, 15) is 9.59 Å². The van der Waals surface area contributed by atoms with Gasteiger partial charge < -0.3 is 9.15 Å². The highest BCUT2D eigenvalue weighted by molar-refractivity contribution is 7.15. The number of hydrogen-bond acceptors (Lipinski definition) is 7. The first-order valence-corrected chi connectivity index (χ1v) is 9.65. The number of benzene rings is 1. The van der Waals surface area contributed by atoms with Crippen LogP contribution in [0.3, 0.4) is 0 Å². The van der Waals surface area contributed by atoms with E-state index >= 15 is 0 Å². The molecule has 3 aromatic heterocycles. The highest BCUT2D eigenvalue weighted by atomic mass is 32.1. The summed E-state index contributed by atoms with van der Waals surface area (Å²) in [7, 11) is 0. The number of aromatic nitrogens is 3. The van der Waals surface area contributed by atoms with Crippen LogP contribution >= 0.6 is 11.3 Å². The van der Waals surface area contributed by atoms with Gasteiger partial charge in [0.25, 0.3) is 11.1 Å². The molecule has 0 aliphatic carbocycles. The van der Waals surface area contributed by atoms with Crippen LogP contribution in [0.5, 0.6) is 5.75 Å². The highest BCUT2D eigenvalue weighted by Crippen LogP contribution is 2.14. The average molecular weight is 395 g/mol. The molecule has 142 valence electrons. The van der Waals surface area contributed by atoms with Gasteiger partial charge in [-0.2, -0.15) is 14.6 Å². The summed E-state index contributed by atoms with van der Waals surface area (Å²) in [5.41, 5.74) is 0.352. The molecule has 0 spiro atoms. The molecule has 0 amide bonds. The average Bonchev–Trinajstić information content (AvgIpc) is 3.31. The first kappa shape index (κ1) is 18.1. The number of fused-ring (bicyclic) bond motifs is 1. The summed E-state index contributed by atoms with van der Waals surface area (Å²) >= 11 is 1.11. The topological polar surface area (TPSA) is 86.7 Å². The van der Waals surface area contributed by atoms with Gasteiger partial charge in [0.1, 0.15) is 21.7 Å². The molecule has 3 heterocycles. The molecule has 4 aromatic rings. The van der Waals surface area contributed by atoms with E-state index in [2.05, 4.69) is 10.1 Å². The van der Waals surface area contributed by atoms with Crippen molar-refractivity contribution in [1.82, 2.24) is 14.6 Å². The predicted octanol–water partition coefficient (Wildman–Crippen LogP) is 2.03. The summed E-state index contributed by atoms with van der Waals surface area (Å²) in [5.74, 6) is 1.33. The van der Waals surface area contributed by atoms with E-state index in [1.165, 1.54) is 10.8 Å². The third-order valence-corrected chi connectivity index (χ3v) is 4.99. The fourth-order valence-corrected chi connectivity index (χ4v) is 3.56. The SMILES string of the molecule is CCCOc1ccc(Cc2nn3c(=O)/c(=C\c4ccco4)sc3nc2=O)cc1. The number of rotatable bonds is 6. The summed E-state index contributed by atoms with van der Waals surface area (Å²) in [6, 6.07) is 10.9. The van der Waals surface area contributed by atoms with Crippen LogP contribution in [0.25, 0.3) is 11.0 Å². The van der Waals surface area contributed by atoms with E-state index in [0.717, 1.165) is 29.1 Å². The lowest BCUT2D eigenvalue weighted by atomic mass is 10.1.